The smallest absolute Gasteiger partial charge is 0.320 e. The Labute approximate surface area is 252 Å². The fourth-order valence-electron chi connectivity index (χ4n) is 7.22. The second-order valence-corrected chi connectivity index (χ2v) is 12.8. The minimum absolute atomic E-state index is 0.00626. The summed E-state index contributed by atoms with van der Waals surface area (Å²) >= 11 is 6.18. The van der Waals surface area contributed by atoms with Crippen LogP contribution in [0.25, 0.3) is 0 Å². The predicted molar refractivity (Wildman–Crippen MR) is 160 cm³/mol. The van der Waals surface area contributed by atoms with Crippen LogP contribution in [0.2, 0.25) is 5.02 Å². The number of likely N-dealkylation sites (tertiary alicyclic amines) is 2. The van der Waals surface area contributed by atoms with Gasteiger partial charge in [-0.05, 0) is 73.4 Å². The van der Waals surface area contributed by atoms with Crippen molar-refractivity contribution >= 4 is 23.5 Å². The number of carbonyl (C=O) groups excluding carboxylic acids is 1. The first-order valence-electron chi connectivity index (χ1n) is 15.4. The van der Waals surface area contributed by atoms with Gasteiger partial charge in [0.2, 0.25) is 5.91 Å². The molecular formula is C33H42ClF2N3O3. The Hall–Kier alpha value is -2.55. The summed E-state index contributed by atoms with van der Waals surface area (Å²) in [5, 5.41) is 10.4. The highest BCUT2D eigenvalue weighted by atomic mass is 35.5. The fourth-order valence-corrected chi connectivity index (χ4v) is 7.46. The summed E-state index contributed by atoms with van der Waals surface area (Å²) in [6.07, 6.45) is 5.92. The maximum absolute atomic E-state index is 14.2. The molecule has 6 nitrogen and oxygen atoms in total. The van der Waals surface area contributed by atoms with Crippen molar-refractivity contribution in [1.82, 2.24) is 14.7 Å². The van der Waals surface area contributed by atoms with E-state index in [1.54, 1.807) is 18.2 Å². The maximum atomic E-state index is 14.2. The lowest BCUT2D eigenvalue weighted by Crippen LogP contribution is -2.49. The Balaban J connectivity index is 1.22. The minimum atomic E-state index is -0.757. The number of hydrogen-bond donors (Lipinski definition) is 1. The average Bonchev–Trinajstić information content (AvgIpc) is 3.34. The van der Waals surface area contributed by atoms with Crippen LogP contribution in [0, 0.1) is 23.5 Å². The molecule has 1 N–H and O–H groups in total. The van der Waals surface area contributed by atoms with E-state index >= 15 is 0 Å². The molecule has 1 amide bonds. The van der Waals surface area contributed by atoms with Crippen LogP contribution in [0.4, 0.5) is 8.78 Å². The van der Waals surface area contributed by atoms with Crippen LogP contribution in [0.15, 0.2) is 42.5 Å². The molecule has 2 aromatic rings. The number of rotatable bonds is 11. The third-order valence-electron chi connectivity index (χ3n) is 9.76. The Morgan fingerprint density at radius 1 is 1.05 bits per heavy atom. The zero-order chi connectivity index (χ0) is 29.8. The largest absolute Gasteiger partial charge is 0.480 e. The van der Waals surface area contributed by atoms with Crippen LogP contribution in [-0.2, 0) is 16.0 Å². The van der Waals surface area contributed by atoms with Crippen LogP contribution in [0.3, 0.4) is 0 Å². The lowest BCUT2D eigenvalue weighted by Gasteiger charge is -2.39. The molecule has 5 rings (SSSR count). The molecule has 1 saturated carbocycles. The first-order chi connectivity index (χ1) is 20.2. The van der Waals surface area contributed by atoms with E-state index in [2.05, 4.69) is 9.80 Å². The Bertz CT molecular complexity index is 1250. The highest BCUT2D eigenvalue weighted by Gasteiger charge is 2.42. The monoisotopic (exact) mass is 601 g/mol. The summed E-state index contributed by atoms with van der Waals surface area (Å²) in [7, 11) is 0. The van der Waals surface area contributed by atoms with Crippen molar-refractivity contribution in [2.45, 2.75) is 69.9 Å². The molecule has 2 aliphatic heterocycles. The molecule has 1 aliphatic carbocycles. The van der Waals surface area contributed by atoms with Crippen molar-refractivity contribution in [2.75, 3.05) is 39.3 Å². The Morgan fingerprint density at radius 2 is 1.79 bits per heavy atom. The van der Waals surface area contributed by atoms with Crippen LogP contribution >= 0.6 is 11.6 Å². The van der Waals surface area contributed by atoms with Gasteiger partial charge in [0.05, 0.1) is 6.42 Å². The van der Waals surface area contributed by atoms with Gasteiger partial charge in [-0.15, -0.1) is 0 Å². The summed E-state index contributed by atoms with van der Waals surface area (Å²) in [5.41, 5.74) is 1.57. The third-order valence-corrected chi connectivity index (χ3v) is 10.1. The number of nitrogens with zero attached hydrogens (tertiary/aromatic N) is 3. The van der Waals surface area contributed by atoms with E-state index in [4.69, 9.17) is 11.6 Å². The molecule has 0 radical (unpaired) electrons. The molecule has 3 unspecified atom stereocenters. The lowest BCUT2D eigenvalue weighted by atomic mass is 9.80. The number of amides is 1. The molecule has 3 fully saturated rings. The molecule has 0 aromatic heterocycles. The normalized spacial score (nSPS) is 23.0. The molecule has 2 aromatic carbocycles. The molecule has 42 heavy (non-hydrogen) atoms. The first kappa shape index (κ1) is 30.9. The highest BCUT2D eigenvalue weighted by molar-refractivity contribution is 6.31. The average molecular weight is 602 g/mol. The van der Waals surface area contributed by atoms with Crippen LogP contribution in [-0.4, -0.2) is 83.0 Å². The van der Waals surface area contributed by atoms with E-state index in [-0.39, 0.29) is 41.0 Å². The van der Waals surface area contributed by atoms with Gasteiger partial charge in [0.1, 0.15) is 17.7 Å². The van der Waals surface area contributed by atoms with E-state index in [1.165, 1.54) is 24.6 Å². The minimum Gasteiger partial charge on any atom is -0.480 e. The Morgan fingerprint density at radius 3 is 2.40 bits per heavy atom. The van der Waals surface area contributed by atoms with E-state index in [9.17, 15) is 23.5 Å². The summed E-state index contributed by atoms with van der Waals surface area (Å²) in [5.74, 6) is -0.702. The number of carbonyl (C=O) groups is 2. The van der Waals surface area contributed by atoms with Crippen molar-refractivity contribution in [3.05, 3.63) is 70.2 Å². The van der Waals surface area contributed by atoms with Gasteiger partial charge in [-0.25, -0.2) is 8.78 Å². The fraction of sp³-hybridized carbons (Fsp3) is 0.576. The van der Waals surface area contributed by atoms with Crippen molar-refractivity contribution in [3.8, 4) is 0 Å². The molecule has 0 spiro atoms. The van der Waals surface area contributed by atoms with E-state index in [1.807, 2.05) is 17.9 Å². The predicted octanol–water partition coefficient (Wildman–Crippen LogP) is 5.83. The SMILES string of the molecule is CCN(C(=O)Cc1ccc(F)cc1Cl)C1CCN(CC2CN(C(CC3CCC3)C(=O)O)CC2c2cccc(F)c2)CC1. The van der Waals surface area contributed by atoms with Gasteiger partial charge in [0.25, 0.3) is 0 Å². The maximum Gasteiger partial charge on any atom is 0.320 e. The first-order valence-corrected chi connectivity index (χ1v) is 15.8. The number of benzene rings is 2. The zero-order valence-corrected chi connectivity index (χ0v) is 25.1. The molecule has 2 saturated heterocycles. The molecule has 3 atom stereocenters. The third kappa shape index (κ3) is 7.32. The van der Waals surface area contributed by atoms with Gasteiger partial charge < -0.3 is 14.9 Å². The second kappa shape index (κ2) is 13.8. The van der Waals surface area contributed by atoms with Gasteiger partial charge in [-0.3, -0.25) is 14.5 Å². The van der Waals surface area contributed by atoms with Crippen molar-refractivity contribution < 1.29 is 23.5 Å². The molecule has 3 aliphatic rings. The van der Waals surface area contributed by atoms with Crippen molar-refractivity contribution in [3.63, 3.8) is 0 Å². The van der Waals surface area contributed by atoms with E-state index in [0.717, 1.165) is 50.9 Å². The summed E-state index contributed by atoms with van der Waals surface area (Å²) in [6, 6.07) is 10.5. The molecule has 228 valence electrons. The van der Waals surface area contributed by atoms with Gasteiger partial charge >= 0.3 is 5.97 Å². The Kier molecular flexibility index (Phi) is 10.2. The number of piperidine rings is 1. The number of aliphatic carboxylic acids is 1. The second-order valence-electron chi connectivity index (χ2n) is 12.4. The van der Waals surface area contributed by atoms with Gasteiger partial charge in [0.15, 0.2) is 0 Å². The summed E-state index contributed by atoms with van der Waals surface area (Å²) in [4.78, 5) is 32.0. The number of halogens is 3. The zero-order valence-electron chi connectivity index (χ0n) is 24.4. The number of carboxylic acids is 1. The van der Waals surface area contributed by atoms with Crippen LogP contribution in [0.1, 0.15) is 62.5 Å². The summed E-state index contributed by atoms with van der Waals surface area (Å²) in [6.45, 7) is 6.37. The van der Waals surface area contributed by atoms with E-state index < -0.39 is 17.8 Å². The number of hydrogen-bond acceptors (Lipinski definition) is 4. The summed E-state index contributed by atoms with van der Waals surface area (Å²) < 4.78 is 27.7. The van der Waals surface area contributed by atoms with Crippen LogP contribution in [0.5, 0.6) is 0 Å². The van der Waals surface area contributed by atoms with Gasteiger partial charge in [-0.2, -0.15) is 0 Å². The van der Waals surface area contributed by atoms with Crippen LogP contribution < -0.4 is 0 Å². The quantitative estimate of drug-likeness (QED) is 0.351. The number of carboxylic acid groups (broad SMARTS) is 1. The van der Waals surface area contributed by atoms with Crippen molar-refractivity contribution in [1.29, 1.82) is 0 Å². The van der Waals surface area contributed by atoms with Gasteiger partial charge in [-0.1, -0.05) is 49.1 Å². The van der Waals surface area contributed by atoms with Gasteiger partial charge in [0, 0.05) is 56.3 Å². The molecule has 0 bridgehead atoms. The lowest BCUT2D eigenvalue weighted by molar-refractivity contribution is -0.144. The standard InChI is InChI=1S/C33H42ClF2N3O3/c1-2-39(32(40)17-24-9-10-27(36)18-30(24)34)28-11-13-37(14-12-28)19-25-20-38(31(33(41)42)15-22-5-3-6-22)21-29(25)23-7-4-8-26(35)16-23/h4,7-10,16,18,22,25,28-29,31H,2-3,5-6,11-15,17,19-21H2,1H3,(H,41,42). The number of likely N-dealkylation sites (N-methyl/N-ethyl adjacent to an activating group) is 1. The molecule has 9 heteroatoms. The highest BCUT2D eigenvalue weighted by Crippen LogP contribution is 2.38. The molecular weight excluding hydrogens is 560 g/mol. The molecule has 2 heterocycles. The van der Waals surface area contributed by atoms with E-state index in [0.29, 0.717) is 37.5 Å². The topological polar surface area (TPSA) is 64.1 Å². The van der Waals surface area contributed by atoms with Crippen molar-refractivity contribution in [2.24, 2.45) is 11.8 Å².